The fourth-order valence-corrected chi connectivity index (χ4v) is 10.9. The molecule has 306 valence electrons. The van der Waals surface area contributed by atoms with Crippen LogP contribution < -0.4 is 11.0 Å². The number of aromatic nitrogens is 2. The van der Waals surface area contributed by atoms with E-state index in [9.17, 15) is 19.2 Å². The fraction of sp³-hybridized carbons (Fsp3) is 0.182. The summed E-state index contributed by atoms with van der Waals surface area (Å²) in [5, 5.41) is 2.17. The number of amidine groups is 4. The van der Waals surface area contributed by atoms with Crippen molar-refractivity contribution in [2.75, 3.05) is 26.4 Å². The van der Waals surface area contributed by atoms with Gasteiger partial charge in [0.25, 0.3) is 0 Å². The van der Waals surface area contributed by atoms with Crippen molar-refractivity contribution >= 4 is 104 Å². The maximum Gasteiger partial charge on any atom is 0.722 e. The van der Waals surface area contributed by atoms with Gasteiger partial charge in [0, 0.05) is 43.8 Å². The van der Waals surface area contributed by atoms with Crippen LogP contribution in [0.3, 0.4) is 0 Å². The summed E-state index contributed by atoms with van der Waals surface area (Å²) >= 11 is -3.27. The lowest BCUT2D eigenvalue weighted by Gasteiger charge is -2.15. The quantitative estimate of drug-likeness (QED) is 0.103. The van der Waals surface area contributed by atoms with Gasteiger partial charge in [0.15, 0.2) is 23.3 Å². The second kappa shape index (κ2) is 15.1. The third-order valence-electron chi connectivity index (χ3n) is 10.7. The van der Waals surface area contributed by atoms with Crippen molar-refractivity contribution in [2.24, 2.45) is 30.0 Å². The van der Waals surface area contributed by atoms with Gasteiger partial charge in [0.05, 0.1) is 48.7 Å². The molecule has 6 aromatic rings. The van der Waals surface area contributed by atoms with Crippen LogP contribution in [0.1, 0.15) is 91.4 Å². The minimum absolute atomic E-state index is 0.163. The highest BCUT2D eigenvalue weighted by Crippen LogP contribution is 2.42. The summed E-state index contributed by atoms with van der Waals surface area (Å²) < 4.78 is 25.1. The Morgan fingerprint density at radius 1 is 0.452 bits per heavy atom. The summed E-state index contributed by atoms with van der Waals surface area (Å²) in [6.45, 7) is 7.61. The van der Waals surface area contributed by atoms with E-state index in [1.165, 1.54) is 0 Å². The monoisotopic (exact) mass is 862 g/mol. The number of halogens is 1. The minimum Gasteiger partial charge on any atom is -0.462 e. The number of ether oxygens (including phenoxy) is 4. The molecule has 6 bridgehead atoms. The number of hydrogen-bond donors (Lipinski definition) is 0. The van der Waals surface area contributed by atoms with E-state index in [1.807, 2.05) is 7.10 Å². The number of carbonyl (C=O) groups is 4. The van der Waals surface area contributed by atoms with Crippen molar-refractivity contribution in [1.29, 1.82) is 0 Å². The Morgan fingerprint density at radius 3 is 1.35 bits per heavy atom. The number of rotatable bonds is 8. The van der Waals surface area contributed by atoms with Crippen molar-refractivity contribution < 1.29 is 38.1 Å². The number of aliphatic imine (C=N–C) groups is 4. The highest BCUT2D eigenvalue weighted by Gasteiger charge is 2.39. The zero-order chi connectivity index (χ0) is 43.0. The number of benzene rings is 4. The molecular weight excluding hydrogens is 831 g/mol. The first kappa shape index (κ1) is 39.1. The van der Waals surface area contributed by atoms with Crippen molar-refractivity contribution in [2.45, 2.75) is 27.7 Å². The first-order valence-corrected chi connectivity index (χ1v) is 22.7. The molecule has 0 fully saturated rings. The molecule has 0 spiro atoms. The summed E-state index contributed by atoms with van der Waals surface area (Å²) in [7, 11) is 7.95. The summed E-state index contributed by atoms with van der Waals surface area (Å²) in [6.07, 6.45) is 0. The van der Waals surface area contributed by atoms with Crippen LogP contribution in [0.15, 0.2) is 103 Å². The van der Waals surface area contributed by atoms with Gasteiger partial charge in [-0.25, -0.2) is 49.1 Å². The molecule has 0 amide bonds. The predicted octanol–water partition coefficient (Wildman–Crippen LogP) is 5.87. The molecule has 16 nitrogen and oxygen atoms in total. The predicted molar refractivity (Wildman–Crippen MR) is 231 cm³/mol. The molecule has 0 N–H and O–H groups in total. The fourth-order valence-electron chi connectivity index (χ4n) is 7.94. The molecule has 0 saturated carbocycles. The summed E-state index contributed by atoms with van der Waals surface area (Å²) in [5.41, 5.74) is 3.99. The smallest absolute Gasteiger partial charge is 0.462 e. The van der Waals surface area contributed by atoms with E-state index in [2.05, 4.69) is 0 Å². The topological polar surface area (TPSA) is 189 Å². The molecule has 18 heteroatoms. The average Bonchev–Trinajstić information content (AvgIpc) is 3.98. The molecule has 4 aromatic carbocycles. The van der Waals surface area contributed by atoms with E-state index >= 15 is 0 Å². The maximum absolute atomic E-state index is 13.3. The summed E-state index contributed by atoms with van der Waals surface area (Å²) in [5.74, 6) is -0.403. The van der Waals surface area contributed by atoms with E-state index in [-0.39, 0.29) is 60.9 Å². The Labute approximate surface area is 360 Å². The summed E-state index contributed by atoms with van der Waals surface area (Å²) in [6, 6.07) is 20.3. The Hall–Kier alpha value is -7.06. The van der Waals surface area contributed by atoms with E-state index in [4.69, 9.17) is 59.0 Å². The number of fused-ring (bicyclic) bond motifs is 14. The van der Waals surface area contributed by atoms with Crippen LogP contribution in [0.2, 0.25) is 0 Å². The third-order valence-corrected chi connectivity index (χ3v) is 13.7. The molecule has 4 aliphatic heterocycles. The second-order valence-corrected chi connectivity index (χ2v) is 17.1. The number of nitrogens with zero attached hydrogens (tertiary/aromatic N) is 8. The molecule has 0 aliphatic carbocycles. The van der Waals surface area contributed by atoms with Crippen LogP contribution in [0.4, 0.5) is 11.6 Å². The molecule has 6 heterocycles. The van der Waals surface area contributed by atoms with Gasteiger partial charge in [-0.2, -0.15) is 10.0 Å². The Kier molecular flexibility index (Phi) is 9.55. The molecule has 0 unspecified atom stereocenters. The molecule has 0 atom stereocenters. The van der Waals surface area contributed by atoms with E-state index < -0.39 is 37.5 Å². The number of esters is 4. The minimum atomic E-state index is -3.27. The van der Waals surface area contributed by atoms with Crippen molar-refractivity contribution in [3.05, 3.63) is 128 Å². The number of hydrogen-bond acceptors (Lipinski definition) is 14. The van der Waals surface area contributed by atoms with Crippen molar-refractivity contribution in [3.8, 4) is 0 Å². The van der Waals surface area contributed by atoms with Crippen LogP contribution in [-0.4, -0.2) is 94.4 Å². The lowest BCUT2D eigenvalue weighted by molar-refractivity contribution is 0.0516. The molecule has 2 aromatic heterocycles. The van der Waals surface area contributed by atoms with Gasteiger partial charge in [-0.15, -0.1) is 0 Å². The van der Waals surface area contributed by atoms with E-state index in [1.54, 1.807) is 100 Å². The first-order chi connectivity index (χ1) is 30.1. The van der Waals surface area contributed by atoms with E-state index in [0.717, 1.165) is 0 Å². The van der Waals surface area contributed by atoms with Crippen molar-refractivity contribution in [1.82, 2.24) is 7.10 Å². The Morgan fingerprint density at radius 2 is 0.839 bits per heavy atom. The highest BCUT2D eigenvalue weighted by molar-refractivity contribution is 7.05. The zero-order valence-corrected chi connectivity index (χ0v) is 35.5. The van der Waals surface area contributed by atoms with Gasteiger partial charge in [0.2, 0.25) is 0 Å². The van der Waals surface area contributed by atoms with Gasteiger partial charge >= 0.3 is 37.5 Å². The van der Waals surface area contributed by atoms with Gasteiger partial charge in [-0.05, 0) is 100 Å². The zero-order valence-electron chi connectivity index (χ0n) is 33.6. The average molecular weight is 863 g/mol. The van der Waals surface area contributed by atoms with Crippen molar-refractivity contribution in [3.63, 3.8) is 0 Å². The van der Waals surface area contributed by atoms with Crippen LogP contribution in [-0.2, 0) is 18.9 Å². The maximum atomic E-state index is 13.3. The first-order valence-electron chi connectivity index (χ1n) is 19.9. The van der Waals surface area contributed by atoms with Crippen LogP contribution in [0.5, 0.6) is 0 Å². The lowest BCUT2D eigenvalue weighted by Crippen LogP contribution is -2.43. The molecule has 4 aliphatic rings. The van der Waals surface area contributed by atoms with E-state index in [0.29, 0.717) is 77.5 Å². The summed E-state index contributed by atoms with van der Waals surface area (Å²) in [4.78, 5) is 83.4. The van der Waals surface area contributed by atoms with Gasteiger partial charge < -0.3 is 26.0 Å². The van der Waals surface area contributed by atoms with Crippen LogP contribution in [0.25, 0.3) is 21.5 Å². The van der Waals surface area contributed by atoms with Gasteiger partial charge in [-0.1, -0.05) is 0 Å². The van der Waals surface area contributed by atoms with Gasteiger partial charge in [0.1, 0.15) is 22.6 Å². The Balaban J connectivity index is 1.38. The van der Waals surface area contributed by atoms with Crippen LogP contribution >= 0.6 is 10.0 Å². The highest BCUT2D eigenvalue weighted by atomic mass is 35.6. The normalized spacial score (nSPS) is 14.0. The third kappa shape index (κ3) is 6.11. The molecule has 0 radical (unpaired) electrons. The largest absolute Gasteiger partial charge is 0.722 e. The lowest BCUT2D eigenvalue weighted by atomic mass is 10.0. The SMILES string of the molecule is CCOC(=O)c1ccc2c(c1)C1=NC2=Nc2c3cc(C(=O)OCC)ccc3c3[n]2[Al]([Cl])[n]2c(c4ccc(C(=O)OCC)cc4c2=NC2=NC(=N3)c3cc(C(=O)OCC)ccc32)=N1. The molecular formula is C44H32AlClN8O8. The van der Waals surface area contributed by atoms with Gasteiger partial charge in [-0.3, -0.25) is 0 Å². The van der Waals surface area contributed by atoms with Crippen LogP contribution in [0, 0.1) is 0 Å². The molecule has 10 rings (SSSR count). The standard InChI is InChI=1S/C44H33N8O8.Al.ClH/c1-5-57-41(53)21-9-13-25-29(17-21)37-45-33(25)50-38-31-19-23(43(55)59-7-3)11-15-27(31)35(47-38)52-40-32-20-24(44(56)60-8-4)12-16-28(32)36(48-40)51-39-30-18-22(42(54)58-6-2)10-14-26(30)34(46-39)49-37;;/h9-20H,5-8H2,1-4H3,(H-,45,46,47,48,49,50,51,52,53,54,55,56);;1H/q-1;+3;/p-2. The molecule has 62 heavy (non-hydrogen) atoms. The Bertz CT molecular complexity index is 3310. The second-order valence-electron chi connectivity index (χ2n) is 14.2. The number of carbonyl (C=O) groups excluding carboxylic acids is 4. The molecule has 0 saturated heterocycles.